The van der Waals surface area contributed by atoms with Crippen molar-refractivity contribution in [3.63, 3.8) is 0 Å². The summed E-state index contributed by atoms with van der Waals surface area (Å²) < 4.78 is 22.0. The van der Waals surface area contributed by atoms with E-state index in [-0.39, 0.29) is 0 Å². The third kappa shape index (κ3) is 2.20. The van der Waals surface area contributed by atoms with E-state index in [1.807, 2.05) is 4.72 Å². The molecule has 0 aliphatic rings. The SMILES string of the molecule is C#CS(=O)(=O)NC. The summed E-state index contributed by atoms with van der Waals surface area (Å²) in [6.45, 7) is 0. The van der Waals surface area contributed by atoms with Crippen LogP contribution >= 0.6 is 0 Å². The molecule has 0 saturated carbocycles. The van der Waals surface area contributed by atoms with Gasteiger partial charge in [0.2, 0.25) is 0 Å². The molecule has 0 radical (unpaired) electrons. The Kier molecular flexibility index (Phi) is 1.81. The molecule has 0 fully saturated rings. The van der Waals surface area contributed by atoms with E-state index < -0.39 is 10.0 Å². The lowest BCUT2D eigenvalue weighted by Gasteiger charge is -1.84. The zero-order valence-corrected chi connectivity index (χ0v) is 4.62. The van der Waals surface area contributed by atoms with Crippen molar-refractivity contribution in [3.05, 3.63) is 0 Å². The van der Waals surface area contributed by atoms with Gasteiger partial charge >= 0.3 is 0 Å². The lowest BCUT2D eigenvalue weighted by atomic mass is 11.4. The Bertz CT molecular complexity index is 174. The average molecular weight is 119 g/mol. The highest BCUT2D eigenvalue weighted by Crippen LogP contribution is 1.70. The van der Waals surface area contributed by atoms with Crippen LogP contribution in [-0.4, -0.2) is 15.5 Å². The molecule has 0 atom stereocenters. The first kappa shape index (κ1) is 6.47. The van der Waals surface area contributed by atoms with Crippen molar-refractivity contribution in [2.75, 3.05) is 7.05 Å². The second-order valence-electron chi connectivity index (χ2n) is 0.825. The number of rotatable bonds is 1. The summed E-state index contributed by atoms with van der Waals surface area (Å²) in [6.07, 6.45) is 4.52. The van der Waals surface area contributed by atoms with Crippen molar-refractivity contribution in [1.29, 1.82) is 0 Å². The number of hydrogen-bond acceptors (Lipinski definition) is 2. The van der Waals surface area contributed by atoms with Gasteiger partial charge in [0.05, 0.1) is 0 Å². The van der Waals surface area contributed by atoms with E-state index in [1.165, 1.54) is 7.05 Å². The topological polar surface area (TPSA) is 46.2 Å². The first-order valence-corrected chi connectivity index (χ1v) is 3.01. The molecule has 0 saturated heterocycles. The van der Waals surface area contributed by atoms with E-state index in [0.29, 0.717) is 0 Å². The molecule has 7 heavy (non-hydrogen) atoms. The summed E-state index contributed by atoms with van der Waals surface area (Å²) in [6, 6.07) is 0. The molecule has 40 valence electrons. The maximum Gasteiger partial charge on any atom is 0.279 e. The smallest absolute Gasteiger partial charge is 0.208 e. The van der Waals surface area contributed by atoms with Crippen molar-refractivity contribution in [2.24, 2.45) is 0 Å². The highest BCUT2D eigenvalue weighted by molar-refractivity contribution is 7.94. The third-order valence-electron chi connectivity index (χ3n) is 0.424. The quantitative estimate of drug-likeness (QED) is 0.456. The highest BCUT2D eigenvalue weighted by Gasteiger charge is 1.94. The van der Waals surface area contributed by atoms with Crippen LogP contribution in [0, 0.1) is 11.7 Å². The van der Waals surface area contributed by atoms with Gasteiger partial charge in [-0.2, -0.15) is 8.42 Å². The Hall–Kier alpha value is -0.530. The summed E-state index contributed by atoms with van der Waals surface area (Å²) in [5, 5.41) is 1.55. The molecule has 0 aromatic heterocycles. The molecule has 0 bridgehead atoms. The minimum absolute atomic E-state index is 1.26. The summed E-state index contributed by atoms with van der Waals surface area (Å²) in [4.78, 5) is 0. The maximum absolute atomic E-state index is 10.0. The van der Waals surface area contributed by atoms with E-state index in [1.54, 1.807) is 5.25 Å². The summed E-state index contributed by atoms with van der Waals surface area (Å²) >= 11 is 0. The summed E-state index contributed by atoms with van der Waals surface area (Å²) in [5.74, 6) is 0. The van der Waals surface area contributed by atoms with E-state index in [0.717, 1.165) is 0 Å². The monoisotopic (exact) mass is 119 g/mol. The Morgan fingerprint density at radius 1 is 1.71 bits per heavy atom. The lowest BCUT2D eigenvalue weighted by Crippen LogP contribution is -2.14. The van der Waals surface area contributed by atoms with Gasteiger partial charge in [-0.25, -0.2) is 4.72 Å². The van der Waals surface area contributed by atoms with E-state index in [9.17, 15) is 8.42 Å². The molecule has 0 heterocycles. The van der Waals surface area contributed by atoms with Crippen LogP contribution in [0.3, 0.4) is 0 Å². The Morgan fingerprint density at radius 3 is 2.14 bits per heavy atom. The number of hydrogen-bond donors (Lipinski definition) is 1. The molecule has 0 aliphatic heterocycles. The molecule has 0 aromatic rings. The van der Waals surface area contributed by atoms with E-state index in [4.69, 9.17) is 0 Å². The van der Waals surface area contributed by atoms with E-state index in [2.05, 4.69) is 6.42 Å². The maximum atomic E-state index is 10.0. The van der Waals surface area contributed by atoms with Crippen molar-refractivity contribution >= 4 is 10.0 Å². The standard InChI is InChI=1S/C3H5NO2S/c1-3-7(5,6)4-2/h1,4H,2H3. The molecule has 0 unspecified atom stereocenters. The zero-order chi connectivity index (χ0) is 5.91. The van der Waals surface area contributed by atoms with Crippen molar-refractivity contribution < 1.29 is 8.42 Å². The molecule has 0 amide bonds. The molecular formula is C3H5NO2S. The highest BCUT2D eigenvalue weighted by atomic mass is 32.2. The second kappa shape index (κ2) is 1.96. The van der Waals surface area contributed by atoms with Crippen LogP contribution in [0.4, 0.5) is 0 Å². The van der Waals surface area contributed by atoms with Crippen LogP contribution in [0.1, 0.15) is 0 Å². The van der Waals surface area contributed by atoms with Crippen LogP contribution in [0.5, 0.6) is 0 Å². The molecule has 0 aromatic carbocycles. The summed E-state index contributed by atoms with van der Waals surface area (Å²) in [5.41, 5.74) is 0. The number of terminal acetylenes is 1. The molecule has 0 aliphatic carbocycles. The first-order chi connectivity index (χ1) is 3.12. The largest absolute Gasteiger partial charge is 0.279 e. The molecule has 0 spiro atoms. The third-order valence-corrected chi connectivity index (χ3v) is 1.27. The van der Waals surface area contributed by atoms with Crippen LogP contribution in [0.2, 0.25) is 0 Å². The second-order valence-corrected chi connectivity index (χ2v) is 2.48. The number of sulfonamides is 1. The van der Waals surface area contributed by atoms with Crippen molar-refractivity contribution in [3.8, 4) is 11.7 Å². The fourth-order valence-corrected chi connectivity index (χ4v) is 0.177. The Balaban J connectivity index is 4.28. The van der Waals surface area contributed by atoms with Crippen LogP contribution in [0.15, 0.2) is 0 Å². The van der Waals surface area contributed by atoms with Gasteiger partial charge in [0, 0.05) is 5.25 Å². The molecule has 4 heteroatoms. The van der Waals surface area contributed by atoms with Gasteiger partial charge in [-0.1, -0.05) is 0 Å². The van der Waals surface area contributed by atoms with Crippen molar-refractivity contribution in [1.82, 2.24) is 4.72 Å². The fourth-order valence-electron chi connectivity index (χ4n) is 0.0589. The van der Waals surface area contributed by atoms with Gasteiger partial charge < -0.3 is 0 Å². The van der Waals surface area contributed by atoms with Gasteiger partial charge in [-0.15, -0.1) is 6.42 Å². The van der Waals surface area contributed by atoms with Crippen LogP contribution < -0.4 is 4.72 Å². The fraction of sp³-hybridized carbons (Fsp3) is 0.333. The molecule has 0 rings (SSSR count). The average Bonchev–Trinajstić information content (AvgIpc) is 1.68. The number of nitrogens with one attached hydrogen (secondary N) is 1. The Labute approximate surface area is 42.8 Å². The van der Waals surface area contributed by atoms with Gasteiger partial charge in [-0.05, 0) is 7.05 Å². The van der Waals surface area contributed by atoms with E-state index >= 15 is 0 Å². The molecule has 3 nitrogen and oxygen atoms in total. The predicted molar refractivity (Wildman–Crippen MR) is 26.8 cm³/mol. The minimum Gasteiger partial charge on any atom is -0.208 e. The summed E-state index contributed by atoms with van der Waals surface area (Å²) in [7, 11) is -2.12. The van der Waals surface area contributed by atoms with Gasteiger partial charge in [-0.3, -0.25) is 0 Å². The zero-order valence-electron chi connectivity index (χ0n) is 3.80. The predicted octanol–water partition coefficient (Wildman–Crippen LogP) is -0.874. The van der Waals surface area contributed by atoms with Crippen LogP contribution in [0.25, 0.3) is 0 Å². The minimum atomic E-state index is -3.38. The van der Waals surface area contributed by atoms with Crippen LogP contribution in [-0.2, 0) is 10.0 Å². The van der Waals surface area contributed by atoms with Gasteiger partial charge in [0.15, 0.2) is 0 Å². The van der Waals surface area contributed by atoms with Crippen molar-refractivity contribution in [2.45, 2.75) is 0 Å². The molecular weight excluding hydrogens is 114 g/mol. The van der Waals surface area contributed by atoms with Gasteiger partial charge in [0.25, 0.3) is 10.0 Å². The molecule has 1 N–H and O–H groups in total. The normalized spacial score (nSPS) is 10.3. The first-order valence-electron chi connectivity index (χ1n) is 1.53. The van der Waals surface area contributed by atoms with Gasteiger partial charge in [0.1, 0.15) is 0 Å². The lowest BCUT2D eigenvalue weighted by molar-refractivity contribution is 0.599. The Morgan fingerprint density at radius 2 is 2.14 bits per heavy atom.